The number of fused-ring (bicyclic) bond motifs is 1. The highest BCUT2D eigenvalue weighted by Gasteiger charge is 2.32. The van der Waals surface area contributed by atoms with E-state index in [1.807, 2.05) is 19.9 Å². The number of carbonyl (C=O) groups excluding carboxylic acids is 1. The predicted octanol–water partition coefficient (Wildman–Crippen LogP) is 4.00. The number of hydrogen-bond acceptors (Lipinski definition) is 1. The molecule has 0 atom stereocenters. The summed E-state index contributed by atoms with van der Waals surface area (Å²) in [5.41, 5.74) is 3.32. The largest absolute Gasteiger partial charge is 0.299 e. The highest BCUT2D eigenvalue weighted by atomic mass is 79.9. The van der Waals surface area contributed by atoms with Gasteiger partial charge in [0.1, 0.15) is 5.78 Å². The van der Waals surface area contributed by atoms with E-state index in [1.165, 1.54) is 16.7 Å². The van der Waals surface area contributed by atoms with Gasteiger partial charge in [0.15, 0.2) is 0 Å². The molecule has 84 valence electrons. The lowest BCUT2D eigenvalue weighted by Crippen LogP contribution is -2.22. The molecule has 2 rings (SSSR count). The number of benzene rings is 1. The smallest absolute Gasteiger partial charge is 0.139 e. The van der Waals surface area contributed by atoms with Crippen molar-refractivity contribution in [3.63, 3.8) is 0 Å². The Labute approximate surface area is 105 Å². The molecule has 2 heteroatoms. The van der Waals surface area contributed by atoms with Crippen molar-refractivity contribution in [3.05, 3.63) is 39.9 Å². The van der Waals surface area contributed by atoms with Gasteiger partial charge in [0.2, 0.25) is 0 Å². The fourth-order valence-electron chi connectivity index (χ4n) is 2.10. The number of ketones is 1. The molecule has 1 nitrogen and oxygen atoms in total. The van der Waals surface area contributed by atoms with Crippen LogP contribution in [0.2, 0.25) is 0 Å². The van der Waals surface area contributed by atoms with Gasteiger partial charge in [-0.25, -0.2) is 0 Å². The van der Waals surface area contributed by atoms with E-state index in [-0.39, 0.29) is 11.2 Å². The van der Waals surface area contributed by atoms with Crippen molar-refractivity contribution in [1.29, 1.82) is 0 Å². The molecule has 0 unspecified atom stereocenters. The third-order valence-corrected chi connectivity index (χ3v) is 3.93. The molecule has 1 aliphatic rings. The van der Waals surface area contributed by atoms with Gasteiger partial charge in [-0.15, -0.1) is 0 Å². The van der Waals surface area contributed by atoms with Crippen LogP contribution in [-0.4, -0.2) is 5.78 Å². The summed E-state index contributed by atoms with van der Waals surface area (Å²) >= 11 is 3.47. The Hall–Kier alpha value is -0.890. The van der Waals surface area contributed by atoms with Crippen LogP contribution in [0.3, 0.4) is 0 Å². The lowest BCUT2D eigenvalue weighted by atomic mass is 9.78. The maximum absolute atomic E-state index is 11.7. The summed E-state index contributed by atoms with van der Waals surface area (Å²) in [6, 6.07) is 6.27. The number of rotatable bonds is 2. The van der Waals surface area contributed by atoms with Crippen molar-refractivity contribution in [3.8, 4) is 0 Å². The molecule has 0 bridgehead atoms. The summed E-state index contributed by atoms with van der Waals surface area (Å²) in [5.74, 6) is 0.217. The molecule has 0 spiro atoms. The summed E-state index contributed by atoms with van der Waals surface area (Å²) in [4.78, 5) is 11.7. The third kappa shape index (κ3) is 1.75. The first-order valence-corrected chi connectivity index (χ1v) is 6.22. The molecule has 0 N–H and O–H groups in total. The zero-order valence-corrected chi connectivity index (χ0v) is 11.4. The van der Waals surface area contributed by atoms with Gasteiger partial charge in [-0.2, -0.15) is 0 Å². The predicted molar refractivity (Wildman–Crippen MR) is 70.3 cm³/mol. The molecule has 0 saturated carbocycles. The summed E-state index contributed by atoms with van der Waals surface area (Å²) in [7, 11) is 0. The highest BCUT2D eigenvalue weighted by molar-refractivity contribution is 9.10. The van der Waals surface area contributed by atoms with Crippen LogP contribution in [0.1, 0.15) is 31.9 Å². The molecular formula is C14H15BrO. The average molecular weight is 279 g/mol. The Kier molecular flexibility index (Phi) is 2.79. The van der Waals surface area contributed by atoms with Gasteiger partial charge >= 0.3 is 0 Å². The molecule has 1 aliphatic carbocycles. The van der Waals surface area contributed by atoms with Gasteiger partial charge in [0.05, 0.1) is 0 Å². The van der Waals surface area contributed by atoms with Gasteiger partial charge in [-0.1, -0.05) is 28.1 Å². The molecule has 0 aromatic heterocycles. The van der Waals surface area contributed by atoms with Crippen LogP contribution in [0, 0.1) is 5.41 Å². The second-order valence-corrected chi connectivity index (χ2v) is 5.72. The molecule has 0 saturated heterocycles. The summed E-state index contributed by atoms with van der Waals surface area (Å²) in [6.07, 6.45) is 3.11. The van der Waals surface area contributed by atoms with Gasteiger partial charge in [-0.3, -0.25) is 4.79 Å². The number of Topliss-reactive ketones (excluding diaryl/α,β-unsaturated/α-hetero) is 1. The third-order valence-electron chi connectivity index (χ3n) is 3.44. The van der Waals surface area contributed by atoms with Crippen molar-refractivity contribution < 1.29 is 4.79 Å². The maximum Gasteiger partial charge on any atom is 0.139 e. The SMILES string of the molecule is CC(=O)C(C)(C)C1=CCc2cc(Br)ccc21. The first kappa shape index (κ1) is 11.6. The van der Waals surface area contributed by atoms with Crippen LogP contribution >= 0.6 is 15.9 Å². The molecule has 1 aromatic rings. The van der Waals surface area contributed by atoms with Crippen molar-refractivity contribution in [2.45, 2.75) is 27.2 Å². The zero-order chi connectivity index (χ0) is 11.9. The van der Waals surface area contributed by atoms with Crippen molar-refractivity contribution in [1.82, 2.24) is 0 Å². The fourth-order valence-corrected chi connectivity index (χ4v) is 2.51. The minimum Gasteiger partial charge on any atom is -0.299 e. The lowest BCUT2D eigenvalue weighted by Gasteiger charge is -2.24. The molecule has 0 amide bonds. The zero-order valence-electron chi connectivity index (χ0n) is 9.80. The minimum absolute atomic E-state index is 0.217. The fraction of sp³-hybridized carbons (Fsp3) is 0.357. The average Bonchev–Trinajstić information content (AvgIpc) is 2.60. The molecule has 0 heterocycles. The number of halogens is 1. The van der Waals surface area contributed by atoms with Crippen molar-refractivity contribution in [2.24, 2.45) is 5.41 Å². The molecular weight excluding hydrogens is 264 g/mol. The summed E-state index contributed by atoms with van der Waals surface area (Å²) < 4.78 is 1.10. The summed E-state index contributed by atoms with van der Waals surface area (Å²) in [6.45, 7) is 5.66. The monoisotopic (exact) mass is 278 g/mol. The van der Waals surface area contributed by atoms with Crippen LogP contribution in [0.25, 0.3) is 5.57 Å². The van der Waals surface area contributed by atoms with Gasteiger partial charge in [0, 0.05) is 9.89 Å². The van der Waals surface area contributed by atoms with Crippen LogP contribution in [0.5, 0.6) is 0 Å². The number of hydrogen-bond donors (Lipinski definition) is 0. The second kappa shape index (κ2) is 3.85. The van der Waals surface area contributed by atoms with Crippen molar-refractivity contribution >= 4 is 27.3 Å². The molecule has 16 heavy (non-hydrogen) atoms. The number of carbonyl (C=O) groups is 1. The lowest BCUT2D eigenvalue weighted by molar-refractivity contribution is -0.122. The first-order chi connectivity index (χ1) is 7.43. The van der Waals surface area contributed by atoms with E-state index in [9.17, 15) is 4.79 Å². The van der Waals surface area contributed by atoms with Crippen molar-refractivity contribution in [2.75, 3.05) is 0 Å². The first-order valence-electron chi connectivity index (χ1n) is 5.43. The molecule has 0 fully saturated rings. The molecule has 0 radical (unpaired) electrons. The Morgan fingerprint density at radius 2 is 2.06 bits per heavy atom. The standard InChI is InChI=1S/C14H15BrO/c1-9(16)14(2,3)13-7-4-10-8-11(15)5-6-12(10)13/h5-8H,4H2,1-3H3. The Bertz CT molecular complexity index is 484. The Morgan fingerprint density at radius 1 is 1.38 bits per heavy atom. The van der Waals surface area contributed by atoms with E-state index in [0.717, 1.165) is 10.9 Å². The van der Waals surface area contributed by atoms with Crippen LogP contribution < -0.4 is 0 Å². The van der Waals surface area contributed by atoms with Gasteiger partial charge in [0.25, 0.3) is 0 Å². The van der Waals surface area contributed by atoms with Gasteiger partial charge < -0.3 is 0 Å². The topological polar surface area (TPSA) is 17.1 Å². The minimum atomic E-state index is -0.376. The Morgan fingerprint density at radius 3 is 2.69 bits per heavy atom. The van der Waals surface area contributed by atoms with E-state index in [1.54, 1.807) is 6.92 Å². The Balaban J connectivity index is 2.47. The van der Waals surface area contributed by atoms with E-state index < -0.39 is 0 Å². The highest BCUT2D eigenvalue weighted by Crippen LogP contribution is 2.41. The normalized spacial score (nSPS) is 14.6. The maximum atomic E-state index is 11.7. The number of allylic oxidation sites excluding steroid dienone is 2. The molecule has 0 aliphatic heterocycles. The quantitative estimate of drug-likeness (QED) is 0.799. The van der Waals surface area contributed by atoms with Gasteiger partial charge in [-0.05, 0) is 56.0 Å². The van der Waals surface area contributed by atoms with E-state index >= 15 is 0 Å². The van der Waals surface area contributed by atoms with Crippen LogP contribution in [0.4, 0.5) is 0 Å². The second-order valence-electron chi connectivity index (χ2n) is 4.80. The molecule has 1 aromatic carbocycles. The van der Waals surface area contributed by atoms with E-state index in [2.05, 4.69) is 34.1 Å². The van der Waals surface area contributed by atoms with E-state index in [0.29, 0.717) is 0 Å². The van der Waals surface area contributed by atoms with Crippen LogP contribution in [0.15, 0.2) is 28.7 Å². The summed E-state index contributed by atoms with van der Waals surface area (Å²) in [5, 5.41) is 0. The van der Waals surface area contributed by atoms with E-state index in [4.69, 9.17) is 0 Å². The van der Waals surface area contributed by atoms with Crippen LogP contribution in [-0.2, 0) is 11.2 Å².